The average molecular weight is 516 g/mol. The van der Waals surface area contributed by atoms with Crippen LogP contribution in [-0.2, 0) is 33.3 Å². The number of thioether (sulfide) groups is 1. The third-order valence-electron chi connectivity index (χ3n) is 4.64. The Kier molecular flexibility index (Phi) is 8.69. The third kappa shape index (κ3) is 7.26. The van der Waals surface area contributed by atoms with Crippen LogP contribution in [0.15, 0.2) is 11.3 Å². The van der Waals surface area contributed by atoms with Gasteiger partial charge in [0.05, 0.1) is 5.41 Å². The second-order valence-corrected chi connectivity index (χ2v) is 11.3. The molecule has 2 atom stereocenters. The lowest BCUT2D eigenvalue weighted by Crippen LogP contribution is -2.71. The van der Waals surface area contributed by atoms with Gasteiger partial charge in [-0.1, -0.05) is 0 Å². The zero-order valence-corrected chi connectivity index (χ0v) is 22.1. The zero-order valence-electron chi connectivity index (χ0n) is 21.3. The van der Waals surface area contributed by atoms with Crippen molar-refractivity contribution in [2.24, 2.45) is 5.41 Å². The second kappa shape index (κ2) is 10.8. The third-order valence-corrected chi connectivity index (χ3v) is 5.98. The Morgan fingerprint density at radius 2 is 1.69 bits per heavy atom. The molecule has 1 N–H and O–H groups in total. The van der Waals surface area contributed by atoms with E-state index in [9.17, 15) is 24.0 Å². The van der Waals surface area contributed by atoms with Crippen molar-refractivity contribution < 1.29 is 42.9 Å². The van der Waals surface area contributed by atoms with Crippen molar-refractivity contribution in [1.82, 2.24) is 15.1 Å². The number of ether oxygens (including phenoxy) is 4. The average Bonchev–Trinajstić information content (AvgIpc) is 2.72. The number of carbonyl (C=O) groups is 5. The molecule has 0 aromatic heterocycles. The number of nitrogens with one attached hydrogen (secondary N) is 1. The van der Waals surface area contributed by atoms with E-state index in [0.29, 0.717) is 5.57 Å². The molecule has 0 aromatic rings. The number of carbonyl (C=O) groups excluding carboxylic acids is 5. The van der Waals surface area contributed by atoms with Crippen LogP contribution in [0.5, 0.6) is 0 Å². The van der Waals surface area contributed by atoms with E-state index in [1.807, 2.05) is 0 Å². The molecule has 35 heavy (non-hydrogen) atoms. The number of amides is 3. The fourth-order valence-electron chi connectivity index (χ4n) is 2.92. The normalized spacial score (nSPS) is 19.8. The number of fused-ring (bicyclic) bond motifs is 1. The summed E-state index contributed by atoms with van der Waals surface area (Å²) in [4.78, 5) is 64.2. The lowest BCUT2D eigenvalue weighted by atomic mass is 9.98. The number of hydrogen-bond donors (Lipinski definition) is 1. The second-order valence-electron chi connectivity index (χ2n) is 10.2. The van der Waals surface area contributed by atoms with E-state index in [1.165, 1.54) is 35.7 Å². The molecule has 2 aliphatic rings. The van der Waals surface area contributed by atoms with Gasteiger partial charge in [0.2, 0.25) is 6.79 Å². The van der Waals surface area contributed by atoms with Crippen LogP contribution < -0.4 is 5.32 Å². The van der Waals surface area contributed by atoms with Gasteiger partial charge in [0.25, 0.3) is 5.91 Å². The molecule has 196 valence electrons. The van der Waals surface area contributed by atoms with Gasteiger partial charge in [0, 0.05) is 25.4 Å². The molecule has 0 aromatic carbocycles. The standard InChI is InChI=1S/C22H33N3O9S/c1-21(2,3)18(28)33-11-32-17(27)14-12(9-31-20(30)24(7)8)10-35-16-13(15(26)25(14)16)23-19(29)34-22(4,5)6/h13,16H,9-11H2,1-8H3,(H,23,29)/t13?,16-/m1/s1. The predicted molar refractivity (Wildman–Crippen MR) is 125 cm³/mol. The molecule has 1 fully saturated rings. The molecule has 0 aliphatic carbocycles. The molecule has 12 nitrogen and oxygen atoms in total. The number of β-lactam (4-membered cyclic amide) rings is 1. The van der Waals surface area contributed by atoms with Gasteiger partial charge in [0.1, 0.15) is 29.3 Å². The van der Waals surface area contributed by atoms with E-state index in [0.717, 1.165) is 0 Å². The molecule has 1 unspecified atom stereocenters. The number of rotatable bonds is 6. The van der Waals surface area contributed by atoms with Gasteiger partial charge < -0.3 is 29.2 Å². The van der Waals surface area contributed by atoms with Gasteiger partial charge in [-0.15, -0.1) is 11.8 Å². The summed E-state index contributed by atoms with van der Waals surface area (Å²) in [6.07, 6.45) is -1.39. The minimum absolute atomic E-state index is 0.112. The predicted octanol–water partition coefficient (Wildman–Crippen LogP) is 1.84. The molecule has 2 aliphatic heterocycles. The van der Waals surface area contributed by atoms with Crippen molar-refractivity contribution in [2.75, 3.05) is 33.2 Å². The van der Waals surface area contributed by atoms with E-state index >= 15 is 0 Å². The highest BCUT2D eigenvalue weighted by Gasteiger charge is 2.55. The summed E-state index contributed by atoms with van der Waals surface area (Å²) in [5.41, 5.74) is -1.31. The summed E-state index contributed by atoms with van der Waals surface area (Å²) in [7, 11) is 3.01. The first-order chi connectivity index (χ1) is 16.0. The van der Waals surface area contributed by atoms with Crippen LogP contribution in [0, 0.1) is 5.41 Å². The summed E-state index contributed by atoms with van der Waals surface area (Å²) >= 11 is 1.29. The maximum atomic E-state index is 12.9. The van der Waals surface area contributed by atoms with Crippen LogP contribution in [-0.4, -0.2) is 90.1 Å². The Morgan fingerprint density at radius 1 is 1.06 bits per heavy atom. The Bertz CT molecular complexity index is 918. The maximum Gasteiger partial charge on any atom is 0.409 e. The minimum Gasteiger partial charge on any atom is -0.445 e. The van der Waals surface area contributed by atoms with Gasteiger partial charge in [-0.3, -0.25) is 14.5 Å². The smallest absolute Gasteiger partial charge is 0.409 e. The molecule has 1 saturated heterocycles. The van der Waals surface area contributed by atoms with E-state index in [2.05, 4.69) is 5.32 Å². The number of alkyl carbamates (subject to hydrolysis) is 1. The molecule has 0 saturated carbocycles. The fourth-order valence-corrected chi connectivity index (χ4v) is 4.24. The van der Waals surface area contributed by atoms with Crippen molar-refractivity contribution in [3.05, 3.63) is 11.3 Å². The molecule has 3 amide bonds. The van der Waals surface area contributed by atoms with Crippen molar-refractivity contribution in [3.63, 3.8) is 0 Å². The van der Waals surface area contributed by atoms with E-state index < -0.39 is 59.3 Å². The topological polar surface area (TPSA) is 141 Å². The Labute approximate surface area is 208 Å². The summed E-state index contributed by atoms with van der Waals surface area (Å²) in [5.74, 6) is -1.81. The quantitative estimate of drug-likeness (QED) is 0.241. The number of nitrogens with zero attached hydrogens (tertiary/aromatic N) is 2. The molecule has 2 heterocycles. The van der Waals surface area contributed by atoms with E-state index in [1.54, 1.807) is 41.5 Å². The molecule has 0 radical (unpaired) electrons. The SMILES string of the molecule is CN(C)C(=O)OCC1=C(C(=O)OCOC(=O)C(C)(C)C)N2C(=O)C(NC(=O)OC(C)(C)C)[C@H]2SC1. The first kappa shape index (κ1) is 28.3. The molecule has 0 bridgehead atoms. The maximum absolute atomic E-state index is 12.9. The van der Waals surface area contributed by atoms with Gasteiger partial charge >= 0.3 is 24.1 Å². The summed E-state index contributed by atoms with van der Waals surface area (Å²) in [6.45, 7) is 9.13. The van der Waals surface area contributed by atoms with Crippen LogP contribution in [0.2, 0.25) is 0 Å². The zero-order chi connectivity index (χ0) is 26.7. The van der Waals surface area contributed by atoms with Gasteiger partial charge in [-0.2, -0.15) is 0 Å². The van der Waals surface area contributed by atoms with Gasteiger partial charge in [-0.05, 0) is 41.5 Å². The molecule has 13 heteroatoms. The fraction of sp³-hybridized carbons (Fsp3) is 0.682. The van der Waals surface area contributed by atoms with E-state index in [-0.39, 0.29) is 18.1 Å². The van der Waals surface area contributed by atoms with Gasteiger partial charge in [-0.25, -0.2) is 14.4 Å². The molecular formula is C22H33N3O9S. The lowest BCUT2D eigenvalue weighted by Gasteiger charge is -2.49. The summed E-state index contributed by atoms with van der Waals surface area (Å²) in [6, 6.07) is -0.915. The number of hydrogen-bond acceptors (Lipinski definition) is 10. The van der Waals surface area contributed by atoms with Crippen molar-refractivity contribution >= 4 is 41.8 Å². The summed E-state index contributed by atoms with van der Waals surface area (Å²) < 4.78 is 20.5. The van der Waals surface area contributed by atoms with Crippen molar-refractivity contribution in [1.29, 1.82) is 0 Å². The van der Waals surface area contributed by atoms with Crippen LogP contribution >= 0.6 is 11.8 Å². The summed E-state index contributed by atoms with van der Waals surface area (Å²) in [5, 5.41) is 1.93. The van der Waals surface area contributed by atoms with Crippen LogP contribution in [0.3, 0.4) is 0 Å². The Balaban J connectivity index is 2.18. The van der Waals surface area contributed by atoms with Crippen LogP contribution in [0.25, 0.3) is 0 Å². The highest BCUT2D eigenvalue weighted by Crippen LogP contribution is 2.41. The monoisotopic (exact) mass is 515 g/mol. The Morgan fingerprint density at radius 3 is 2.23 bits per heavy atom. The highest BCUT2D eigenvalue weighted by molar-refractivity contribution is 8.00. The van der Waals surface area contributed by atoms with Crippen molar-refractivity contribution in [3.8, 4) is 0 Å². The first-order valence-electron chi connectivity index (χ1n) is 10.9. The first-order valence-corrected chi connectivity index (χ1v) is 11.9. The lowest BCUT2D eigenvalue weighted by molar-refractivity contribution is -0.173. The van der Waals surface area contributed by atoms with Crippen LogP contribution in [0.4, 0.5) is 9.59 Å². The molecule has 0 spiro atoms. The highest BCUT2D eigenvalue weighted by atomic mass is 32.2. The molecule has 2 rings (SSSR count). The molecular weight excluding hydrogens is 482 g/mol. The van der Waals surface area contributed by atoms with E-state index in [4.69, 9.17) is 18.9 Å². The van der Waals surface area contributed by atoms with Crippen molar-refractivity contribution in [2.45, 2.75) is 58.6 Å². The minimum atomic E-state index is -0.919. The Hall–Kier alpha value is -2.96. The largest absolute Gasteiger partial charge is 0.445 e. The van der Waals surface area contributed by atoms with Gasteiger partial charge in [0.15, 0.2) is 0 Å². The number of esters is 2. The van der Waals surface area contributed by atoms with Crippen LogP contribution in [0.1, 0.15) is 41.5 Å².